The first-order chi connectivity index (χ1) is 7.65. The molecule has 0 aromatic heterocycles. The smallest absolute Gasteiger partial charge is 0.423 e. The SMILES string of the molecule is COCC(C)OCc1ccccc1B(O)O. The summed E-state index contributed by atoms with van der Waals surface area (Å²) in [5, 5.41) is 18.3. The summed E-state index contributed by atoms with van der Waals surface area (Å²) in [6.07, 6.45) is -0.0195. The van der Waals surface area contributed by atoms with Gasteiger partial charge in [0.15, 0.2) is 0 Å². The predicted octanol–water partition coefficient (Wildman–Crippen LogP) is -0.0821. The van der Waals surface area contributed by atoms with Crippen LogP contribution in [-0.4, -0.2) is 37.0 Å². The van der Waals surface area contributed by atoms with Crippen LogP contribution in [0.5, 0.6) is 0 Å². The Morgan fingerprint density at radius 1 is 1.31 bits per heavy atom. The molecule has 0 saturated carbocycles. The van der Waals surface area contributed by atoms with E-state index in [1.165, 1.54) is 0 Å². The van der Waals surface area contributed by atoms with E-state index >= 15 is 0 Å². The molecular weight excluding hydrogens is 207 g/mol. The second-order valence-corrected chi connectivity index (χ2v) is 3.65. The molecule has 0 bridgehead atoms. The van der Waals surface area contributed by atoms with Crippen molar-refractivity contribution in [2.75, 3.05) is 13.7 Å². The zero-order valence-electron chi connectivity index (χ0n) is 9.59. The second kappa shape index (κ2) is 6.65. The lowest BCUT2D eigenvalue weighted by molar-refractivity contribution is 0.0000969. The highest BCUT2D eigenvalue weighted by molar-refractivity contribution is 6.59. The Bertz CT molecular complexity index is 317. The summed E-state index contributed by atoms with van der Waals surface area (Å²) in [5.41, 5.74) is 1.26. The summed E-state index contributed by atoms with van der Waals surface area (Å²) in [6.45, 7) is 2.77. The van der Waals surface area contributed by atoms with E-state index in [1.807, 2.05) is 19.1 Å². The van der Waals surface area contributed by atoms with E-state index in [9.17, 15) is 0 Å². The Morgan fingerprint density at radius 2 is 2.00 bits per heavy atom. The topological polar surface area (TPSA) is 58.9 Å². The molecule has 0 amide bonds. The zero-order chi connectivity index (χ0) is 12.0. The minimum absolute atomic E-state index is 0.0195. The van der Waals surface area contributed by atoms with Crippen LogP contribution < -0.4 is 5.46 Å². The fourth-order valence-corrected chi connectivity index (χ4v) is 1.43. The molecule has 1 rings (SSSR count). The third-order valence-electron chi connectivity index (χ3n) is 2.26. The van der Waals surface area contributed by atoms with Crippen molar-refractivity contribution in [2.24, 2.45) is 0 Å². The molecule has 0 saturated heterocycles. The van der Waals surface area contributed by atoms with Crippen molar-refractivity contribution >= 4 is 12.6 Å². The number of hydrogen-bond acceptors (Lipinski definition) is 4. The number of benzene rings is 1. The van der Waals surface area contributed by atoms with Crippen LogP contribution in [0.25, 0.3) is 0 Å². The van der Waals surface area contributed by atoms with Gasteiger partial charge in [0.25, 0.3) is 0 Å². The van der Waals surface area contributed by atoms with Gasteiger partial charge in [0.1, 0.15) is 0 Å². The van der Waals surface area contributed by atoms with Gasteiger partial charge in [-0.1, -0.05) is 24.3 Å². The van der Waals surface area contributed by atoms with Crippen molar-refractivity contribution in [3.05, 3.63) is 29.8 Å². The summed E-state index contributed by atoms with van der Waals surface area (Å²) < 4.78 is 10.5. The Hall–Kier alpha value is -0.875. The average molecular weight is 224 g/mol. The third kappa shape index (κ3) is 3.94. The molecule has 5 heteroatoms. The normalized spacial score (nSPS) is 12.5. The molecule has 0 aliphatic carbocycles. The zero-order valence-corrected chi connectivity index (χ0v) is 9.59. The Balaban J connectivity index is 2.59. The van der Waals surface area contributed by atoms with Gasteiger partial charge in [0.05, 0.1) is 19.3 Å². The van der Waals surface area contributed by atoms with Crippen molar-refractivity contribution in [2.45, 2.75) is 19.6 Å². The number of rotatable bonds is 6. The van der Waals surface area contributed by atoms with Gasteiger partial charge in [-0.3, -0.25) is 0 Å². The van der Waals surface area contributed by atoms with E-state index in [0.717, 1.165) is 5.56 Å². The Labute approximate surface area is 96.0 Å². The van der Waals surface area contributed by atoms with Crippen LogP contribution in [0, 0.1) is 0 Å². The molecule has 2 N–H and O–H groups in total. The summed E-state index contributed by atoms with van der Waals surface area (Å²) in [5.74, 6) is 0. The van der Waals surface area contributed by atoms with Gasteiger partial charge >= 0.3 is 7.12 Å². The highest BCUT2D eigenvalue weighted by Crippen LogP contribution is 2.02. The fourth-order valence-electron chi connectivity index (χ4n) is 1.43. The molecule has 0 heterocycles. The first-order valence-electron chi connectivity index (χ1n) is 5.19. The van der Waals surface area contributed by atoms with Crippen molar-refractivity contribution in [3.8, 4) is 0 Å². The molecule has 0 radical (unpaired) electrons. The summed E-state index contributed by atoms with van der Waals surface area (Å²) in [7, 11) is 0.156. The van der Waals surface area contributed by atoms with Gasteiger partial charge in [0, 0.05) is 7.11 Å². The summed E-state index contributed by atoms with van der Waals surface area (Å²) in [6, 6.07) is 7.08. The molecule has 1 aromatic carbocycles. The molecule has 4 nitrogen and oxygen atoms in total. The predicted molar refractivity (Wildman–Crippen MR) is 62.4 cm³/mol. The Kier molecular flexibility index (Phi) is 5.48. The average Bonchev–Trinajstić information content (AvgIpc) is 2.27. The second-order valence-electron chi connectivity index (χ2n) is 3.65. The highest BCUT2D eigenvalue weighted by atomic mass is 16.5. The first kappa shape index (κ1) is 13.2. The van der Waals surface area contributed by atoms with Gasteiger partial charge < -0.3 is 19.5 Å². The minimum Gasteiger partial charge on any atom is -0.423 e. The van der Waals surface area contributed by atoms with Gasteiger partial charge in [0.2, 0.25) is 0 Å². The maximum absolute atomic E-state index is 9.15. The lowest BCUT2D eigenvalue weighted by Crippen LogP contribution is -2.33. The van der Waals surface area contributed by atoms with Crippen molar-refractivity contribution in [1.82, 2.24) is 0 Å². The van der Waals surface area contributed by atoms with E-state index in [-0.39, 0.29) is 6.10 Å². The van der Waals surface area contributed by atoms with E-state index < -0.39 is 7.12 Å². The number of ether oxygens (including phenoxy) is 2. The van der Waals surface area contributed by atoms with Crippen molar-refractivity contribution in [1.29, 1.82) is 0 Å². The monoisotopic (exact) mass is 224 g/mol. The molecule has 0 aliphatic heterocycles. The van der Waals surface area contributed by atoms with Crippen LogP contribution in [0.1, 0.15) is 12.5 Å². The molecule has 0 aliphatic rings. The van der Waals surface area contributed by atoms with Gasteiger partial charge in [-0.15, -0.1) is 0 Å². The molecule has 88 valence electrons. The Morgan fingerprint density at radius 3 is 2.62 bits per heavy atom. The lowest BCUT2D eigenvalue weighted by atomic mass is 9.77. The molecule has 1 aromatic rings. The van der Waals surface area contributed by atoms with Crippen molar-refractivity contribution in [3.63, 3.8) is 0 Å². The molecule has 16 heavy (non-hydrogen) atoms. The molecule has 0 fully saturated rings. The third-order valence-corrected chi connectivity index (χ3v) is 2.26. The van der Waals surface area contributed by atoms with Gasteiger partial charge in [-0.2, -0.15) is 0 Å². The number of hydrogen-bond donors (Lipinski definition) is 2. The minimum atomic E-state index is -1.46. The lowest BCUT2D eigenvalue weighted by Gasteiger charge is -2.14. The maximum Gasteiger partial charge on any atom is 0.488 e. The standard InChI is InChI=1S/C11H17BO4/c1-9(7-15-2)16-8-10-5-3-4-6-11(10)12(13)14/h3-6,9,13-14H,7-8H2,1-2H3. The summed E-state index contributed by atoms with van der Waals surface area (Å²) in [4.78, 5) is 0. The highest BCUT2D eigenvalue weighted by Gasteiger charge is 2.15. The summed E-state index contributed by atoms with van der Waals surface area (Å²) >= 11 is 0. The van der Waals surface area contributed by atoms with Crippen LogP contribution in [-0.2, 0) is 16.1 Å². The van der Waals surface area contributed by atoms with Crippen molar-refractivity contribution < 1.29 is 19.5 Å². The number of methoxy groups -OCH3 is 1. The molecule has 1 unspecified atom stereocenters. The van der Waals surface area contributed by atoms with Crippen LogP contribution >= 0.6 is 0 Å². The maximum atomic E-state index is 9.15. The van der Waals surface area contributed by atoms with Gasteiger partial charge in [-0.05, 0) is 17.9 Å². The van der Waals surface area contributed by atoms with Crippen LogP contribution in [0.4, 0.5) is 0 Å². The molecule has 1 atom stereocenters. The van der Waals surface area contributed by atoms with Gasteiger partial charge in [-0.25, -0.2) is 0 Å². The van der Waals surface area contributed by atoms with Crippen LogP contribution in [0.3, 0.4) is 0 Å². The van der Waals surface area contributed by atoms with E-state index in [4.69, 9.17) is 19.5 Å². The van der Waals surface area contributed by atoms with Crippen LogP contribution in [0.15, 0.2) is 24.3 Å². The largest absolute Gasteiger partial charge is 0.488 e. The van der Waals surface area contributed by atoms with E-state index in [1.54, 1.807) is 19.2 Å². The molecule has 0 spiro atoms. The first-order valence-corrected chi connectivity index (χ1v) is 5.19. The van der Waals surface area contributed by atoms with E-state index in [2.05, 4.69) is 0 Å². The quantitative estimate of drug-likeness (QED) is 0.663. The van der Waals surface area contributed by atoms with Crippen LogP contribution in [0.2, 0.25) is 0 Å². The fraction of sp³-hybridized carbons (Fsp3) is 0.455. The van der Waals surface area contributed by atoms with E-state index in [0.29, 0.717) is 18.7 Å². The molecular formula is C11H17BO4.